The first kappa shape index (κ1) is 13.4. The summed E-state index contributed by atoms with van der Waals surface area (Å²) in [5.74, 6) is 0.609. The maximum absolute atomic E-state index is 11.9. The van der Waals surface area contributed by atoms with E-state index in [4.69, 9.17) is 10.5 Å². The molecule has 1 aromatic carbocycles. The quantitative estimate of drug-likeness (QED) is 0.772. The van der Waals surface area contributed by atoms with Gasteiger partial charge in [-0.05, 0) is 24.6 Å². The number of hydrogen-bond acceptors (Lipinski definition) is 3. The van der Waals surface area contributed by atoms with Gasteiger partial charge >= 0.3 is 0 Å². The minimum Gasteiger partial charge on any atom is -0.495 e. The van der Waals surface area contributed by atoms with Crippen LogP contribution in [-0.2, 0) is 4.79 Å². The largest absolute Gasteiger partial charge is 0.495 e. The molecular formula is C13H20N2O2. The molecule has 17 heavy (non-hydrogen) atoms. The summed E-state index contributed by atoms with van der Waals surface area (Å²) in [5, 5.41) is 2.84. The Bertz CT molecular complexity index is 391. The molecule has 3 N–H and O–H groups in total. The molecule has 4 nitrogen and oxygen atoms in total. The standard InChI is InChI=1S/C13H20N2O2/c1-4-5-9(2)13(16)15-11-8-10(14)6-7-12(11)17-3/h6-9H,4-5,14H2,1-3H3,(H,15,16)/t9-/m0/s1. The molecular weight excluding hydrogens is 216 g/mol. The van der Waals surface area contributed by atoms with Crippen LogP contribution in [0.25, 0.3) is 0 Å². The second-order valence-corrected chi connectivity index (χ2v) is 4.14. The number of ether oxygens (including phenoxy) is 1. The monoisotopic (exact) mass is 236 g/mol. The molecule has 0 fully saturated rings. The fourth-order valence-corrected chi connectivity index (χ4v) is 1.64. The molecule has 0 aliphatic carbocycles. The van der Waals surface area contributed by atoms with E-state index in [1.807, 2.05) is 6.92 Å². The van der Waals surface area contributed by atoms with Crippen LogP contribution in [0.2, 0.25) is 0 Å². The summed E-state index contributed by atoms with van der Waals surface area (Å²) in [6.07, 6.45) is 1.86. The molecule has 0 aliphatic rings. The Balaban J connectivity index is 2.79. The van der Waals surface area contributed by atoms with Crippen molar-refractivity contribution in [3.05, 3.63) is 18.2 Å². The molecule has 0 bridgehead atoms. The van der Waals surface area contributed by atoms with Crippen LogP contribution in [0, 0.1) is 5.92 Å². The Hall–Kier alpha value is -1.71. The van der Waals surface area contributed by atoms with Gasteiger partial charge in [0.2, 0.25) is 5.91 Å². The van der Waals surface area contributed by atoms with Crippen LogP contribution >= 0.6 is 0 Å². The van der Waals surface area contributed by atoms with E-state index in [2.05, 4.69) is 12.2 Å². The Morgan fingerprint density at radius 2 is 2.24 bits per heavy atom. The molecule has 0 aliphatic heterocycles. The molecule has 0 aromatic heterocycles. The summed E-state index contributed by atoms with van der Waals surface area (Å²) in [7, 11) is 1.57. The number of carbonyl (C=O) groups is 1. The highest BCUT2D eigenvalue weighted by molar-refractivity contribution is 5.94. The lowest BCUT2D eigenvalue weighted by Crippen LogP contribution is -2.20. The molecule has 1 atom stereocenters. The Kier molecular flexibility index (Phi) is 4.82. The van der Waals surface area contributed by atoms with Crippen LogP contribution in [0.4, 0.5) is 11.4 Å². The molecule has 1 amide bonds. The van der Waals surface area contributed by atoms with Crippen LogP contribution in [-0.4, -0.2) is 13.0 Å². The normalized spacial score (nSPS) is 11.9. The summed E-state index contributed by atoms with van der Waals surface area (Å²) in [6.45, 7) is 3.97. The van der Waals surface area contributed by atoms with E-state index in [1.54, 1.807) is 25.3 Å². The molecule has 0 spiro atoms. The Labute approximate surface area is 102 Å². The number of methoxy groups -OCH3 is 1. The molecule has 0 saturated heterocycles. The van der Waals surface area contributed by atoms with Gasteiger partial charge in [0.05, 0.1) is 12.8 Å². The molecule has 1 aromatic rings. The highest BCUT2D eigenvalue weighted by Crippen LogP contribution is 2.27. The minimum atomic E-state index is -0.00821. The molecule has 1 rings (SSSR count). The van der Waals surface area contributed by atoms with Crippen LogP contribution in [0.1, 0.15) is 26.7 Å². The molecule has 4 heteroatoms. The number of nitrogens with one attached hydrogen (secondary N) is 1. The summed E-state index contributed by atoms with van der Waals surface area (Å²) >= 11 is 0. The first-order valence-electron chi connectivity index (χ1n) is 5.82. The van der Waals surface area contributed by atoms with Gasteiger partial charge in [-0.3, -0.25) is 4.79 Å². The topological polar surface area (TPSA) is 64.4 Å². The average Bonchev–Trinajstić information content (AvgIpc) is 2.29. The number of carbonyl (C=O) groups excluding carboxylic acids is 1. The van der Waals surface area contributed by atoms with Gasteiger partial charge in [-0.15, -0.1) is 0 Å². The van der Waals surface area contributed by atoms with E-state index < -0.39 is 0 Å². The van der Waals surface area contributed by atoms with Gasteiger partial charge in [0.1, 0.15) is 5.75 Å². The third kappa shape index (κ3) is 3.66. The number of nitrogen functional groups attached to an aromatic ring is 1. The van der Waals surface area contributed by atoms with E-state index >= 15 is 0 Å². The molecule has 0 saturated carbocycles. The molecule has 94 valence electrons. The van der Waals surface area contributed by atoms with E-state index in [1.165, 1.54) is 0 Å². The van der Waals surface area contributed by atoms with E-state index in [0.717, 1.165) is 12.8 Å². The molecule has 0 radical (unpaired) electrons. The first-order chi connectivity index (χ1) is 8.08. The maximum Gasteiger partial charge on any atom is 0.227 e. The first-order valence-corrected chi connectivity index (χ1v) is 5.82. The molecule has 0 unspecified atom stereocenters. The van der Waals surface area contributed by atoms with E-state index in [0.29, 0.717) is 17.1 Å². The zero-order valence-electron chi connectivity index (χ0n) is 10.6. The van der Waals surface area contributed by atoms with Gasteiger partial charge in [-0.2, -0.15) is 0 Å². The van der Waals surface area contributed by atoms with Crippen molar-refractivity contribution >= 4 is 17.3 Å². The number of hydrogen-bond donors (Lipinski definition) is 2. The van der Waals surface area contributed by atoms with Crippen molar-refractivity contribution in [1.29, 1.82) is 0 Å². The number of rotatable bonds is 5. The van der Waals surface area contributed by atoms with Gasteiger partial charge in [-0.25, -0.2) is 0 Å². The Morgan fingerprint density at radius 1 is 1.53 bits per heavy atom. The van der Waals surface area contributed by atoms with Crippen molar-refractivity contribution in [2.45, 2.75) is 26.7 Å². The van der Waals surface area contributed by atoms with Crippen molar-refractivity contribution in [2.24, 2.45) is 5.92 Å². The number of amides is 1. The van der Waals surface area contributed by atoms with Gasteiger partial charge < -0.3 is 15.8 Å². The zero-order chi connectivity index (χ0) is 12.8. The van der Waals surface area contributed by atoms with Crippen LogP contribution in [0.5, 0.6) is 5.75 Å². The fraction of sp³-hybridized carbons (Fsp3) is 0.462. The van der Waals surface area contributed by atoms with Crippen molar-refractivity contribution < 1.29 is 9.53 Å². The van der Waals surface area contributed by atoms with Crippen molar-refractivity contribution in [2.75, 3.05) is 18.2 Å². The van der Waals surface area contributed by atoms with Crippen LogP contribution in [0.15, 0.2) is 18.2 Å². The van der Waals surface area contributed by atoms with Crippen molar-refractivity contribution in [3.63, 3.8) is 0 Å². The highest BCUT2D eigenvalue weighted by Gasteiger charge is 2.14. The SMILES string of the molecule is CCC[C@H](C)C(=O)Nc1cc(N)ccc1OC. The second kappa shape index (κ2) is 6.13. The lowest BCUT2D eigenvalue weighted by molar-refractivity contribution is -0.119. The predicted molar refractivity (Wildman–Crippen MR) is 70.1 cm³/mol. The fourth-order valence-electron chi connectivity index (χ4n) is 1.64. The summed E-state index contributed by atoms with van der Waals surface area (Å²) in [4.78, 5) is 11.9. The summed E-state index contributed by atoms with van der Waals surface area (Å²) in [6, 6.07) is 5.19. The summed E-state index contributed by atoms with van der Waals surface area (Å²) < 4.78 is 5.17. The zero-order valence-corrected chi connectivity index (χ0v) is 10.6. The Morgan fingerprint density at radius 3 is 2.82 bits per heavy atom. The lowest BCUT2D eigenvalue weighted by Gasteiger charge is -2.14. The van der Waals surface area contributed by atoms with Gasteiger partial charge in [0, 0.05) is 11.6 Å². The van der Waals surface area contributed by atoms with E-state index in [9.17, 15) is 4.79 Å². The number of benzene rings is 1. The predicted octanol–water partition coefficient (Wildman–Crippen LogP) is 2.65. The second-order valence-electron chi connectivity index (χ2n) is 4.14. The number of nitrogens with two attached hydrogens (primary N) is 1. The van der Waals surface area contributed by atoms with Gasteiger partial charge in [0.25, 0.3) is 0 Å². The maximum atomic E-state index is 11.9. The van der Waals surface area contributed by atoms with Gasteiger partial charge in [-0.1, -0.05) is 20.3 Å². The minimum absolute atomic E-state index is 0.00394. The summed E-state index contributed by atoms with van der Waals surface area (Å²) in [5.41, 5.74) is 6.91. The lowest BCUT2D eigenvalue weighted by atomic mass is 10.1. The van der Waals surface area contributed by atoms with Gasteiger partial charge in [0.15, 0.2) is 0 Å². The van der Waals surface area contributed by atoms with Crippen molar-refractivity contribution in [1.82, 2.24) is 0 Å². The number of anilines is 2. The van der Waals surface area contributed by atoms with Crippen molar-refractivity contribution in [3.8, 4) is 5.75 Å². The third-order valence-corrected chi connectivity index (χ3v) is 2.65. The van der Waals surface area contributed by atoms with E-state index in [-0.39, 0.29) is 11.8 Å². The average molecular weight is 236 g/mol. The molecule has 0 heterocycles. The highest BCUT2D eigenvalue weighted by atomic mass is 16.5. The third-order valence-electron chi connectivity index (χ3n) is 2.65. The smallest absolute Gasteiger partial charge is 0.227 e. The van der Waals surface area contributed by atoms with Crippen LogP contribution in [0.3, 0.4) is 0 Å². The van der Waals surface area contributed by atoms with Crippen LogP contribution < -0.4 is 15.8 Å².